The normalized spacial score (nSPS) is 14.7. The zero-order chi connectivity index (χ0) is 33.2. The van der Waals surface area contributed by atoms with Gasteiger partial charge < -0.3 is 35.7 Å². The van der Waals surface area contributed by atoms with Crippen molar-refractivity contribution in [3.63, 3.8) is 0 Å². The number of hydrogen-bond acceptors (Lipinski definition) is 7. The predicted molar refractivity (Wildman–Crippen MR) is 184 cm³/mol. The van der Waals surface area contributed by atoms with E-state index in [4.69, 9.17) is 9.52 Å². The van der Waals surface area contributed by atoms with Gasteiger partial charge in [-0.05, 0) is 60.4 Å². The number of amides is 4. The molecule has 2 heterocycles. The smallest absolute Gasteiger partial charge is 0.315 e. The molecule has 4 aromatic rings. The number of urea groups is 1. The van der Waals surface area contributed by atoms with Gasteiger partial charge in [-0.25, -0.2) is 4.79 Å². The second-order valence-corrected chi connectivity index (χ2v) is 13.1. The maximum absolute atomic E-state index is 14.0. The van der Waals surface area contributed by atoms with E-state index in [1.807, 2.05) is 98.8 Å². The summed E-state index contributed by atoms with van der Waals surface area (Å²) in [5.74, 6) is 0.864. The molecule has 1 aromatic heterocycles. The van der Waals surface area contributed by atoms with Crippen molar-refractivity contribution in [2.75, 3.05) is 23.8 Å². The monoisotopic (exact) mass is 655 g/mol. The molecule has 4 amide bonds. The lowest BCUT2D eigenvalue weighted by molar-refractivity contribution is -0.127. The fourth-order valence-corrected chi connectivity index (χ4v) is 6.48. The lowest BCUT2D eigenvalue weighted by Crippen LogP contribution is -2.51. The highest BCUT2D eigenvalue weighted by atomic mass is 32.2. The van der Waals surface area contributed by atoms with E-state index >= 15 is 0 Å². The van der Waals surface area contributed by atoms with Gasteiger partial charge in [0.15, 0.2) is 0 Å². The molecule has 47 heavy (non-hydrogen) atoms. The van der Waals surface area contributed by atoms with E-state index < -0.39 is 11.6 Å². The molecule has 1 aliphatic rings. The van der Waals surface area contributed by atoms with Crippen molar-refractivity contribution in [2.24, 2.45) is 0 Å². The van der Waals surface area contributed by atoms with Crippen molar-refractivity contribution >= 4 is 35.3 Å². The Balaban J connectivity index is 1.27. The molecule has 0 unspecified atom stereocenters. The average molecular weight is 656 g/mol. The number of aliphatic hydroxyl groups excluding tert-OH is 1. The van der Waals surface area contributed by atoms with Crippen LogP contribution in [0.25, 0.3) is 11.1 Å². The Morgan fingerprint density at radius 2 is 1.72 bits per heavy atom. The lowest BCUT2D eigenvalue weighted by atomic mass is 9.98. The van der Waals surface area contributed by atoms with E-state index in [1.165, 1.54) is 0 Å². The van der Waals surface area contributed by atoms with Crippen molar-refractivity contribution in [3.05, 3.63) is 108 Å². The third kappa shape index (κ3) is 9.25. The highest BCUT2D eigenvalue weighted by molar-refractivity contribution is 7.99. The Morgan fingerprint density at radius 1 is 0.957 bits per heavy atom. The summed E-state index contributed by atoms with van der Waals surface area (Å²) in [6.45, 7) is 5.14. The summed E-state index contributed by atoms with van der Waals surface area (Å²) >= 11 is 1.56. The first-order valence-electron chi connectivity index (χ1n) is 15.6. The van der Waals surface area contributed by atoms with Crippen LogP contribution in [-0.2, 0) is 29.2 Å². The number of para-hydroxylation sites is 1. The van der Waals surface area contributed by atoms with Gasteiger partial charge in [0.2, 0.25) is 5.91 Å². The summed E-state index contributed by atoms with van der Waals surface area (Å²) < 4.78 is 5.40. The summed E-state index contributed by atoms with van der Waals surface area (Å²) in [4.78, 5) is 42.0. The van der Waals surface area contributed by atoms with Crippen molar-refractivity contribution < 1.29 is 23.9 Å². The van der Waals surface area contributed by atoms with Gasteiger partial charge >= 0.3 is 6.03 Å². The molecule has 0 fully saturated rings. The molecule has 0 spiro atoms. The molecule has 1 aliphatic heterocycles. The standard InChI is InChI=1S/C36H41N5O5S/c1-36(2,39-22-28-9-7-19-46-28)20-33(43)40-30-24-47-32-12-6-5-11-31(32)41(34(30)44)23-25-13-15-26(16-14-25)29-10-4-3-8-27(29)21-38-35(45)37-17-18-42/h3-16,19,30,39,42H,17-18,20-24H2,1-2H3,(H,40,43)(H2,37,38,45)/t30-/m1/s1. The average Bonchev–Trinajstić information content (AvgIpc) is 3.56. The summed E-state index contributed by atoms with van der Waals surface area (Å²) in [5.41, 5.74) is 4.16. The van der Waals surface area contributed by atoms with E-state index in [2.05, 4.69) is 21.3 Å². The molecule has 11 heteroatoms. The number of fused-ring (bicyclic) bond motifs is 1. The zero-order valence-electron chi connectivity index (χ0n) is 26.6. The van der Waals surface area contributed by atoms with E-state index in [-0.39, 0.29) is 37.4 Å². The Hall–Kier alpha value is -4.58. The molecule has 0 saturated heterocycles. The number of hydrogen-bond donors (Lipinski definition) is 5. The first kappa shape index (κ1) is 33.8. The van der Waals surface area contributed by atoms with E-state index in [9.17, 15) is 14.4 Å². The Kier molecular flexibility index (Phi) is 11.4. The molecule has 5 N–H and O–H groups in total. The van der Waals surface area contributed by atoms with E-state index in [0.717, 1.165) is 38.6 Å². The van der Waals surface area contributed by atoms with Crippen LogP contribution in [-0.4, -0.2) is 53.4 Å². The van der Waals surface area contributed by atoms with Crippen LogP contribution in [0.3, 0.4) is 0 Å². The molecule has 10 nitrogen and oxygen atoms in total. The maximum atomic E-state index is 14.0. The summed E-state index contributed by atoms with van der Waals surface area (Å²) in [6, 6.07) is 26.4. The number of furan rings is 1. The number of nitrogens with one attached hydrogen (secondary N) is 4. The van der Waals surface area contributed by atoms with Crippen LogP contribution in [0.5, 0.6) is 0 Å². The fourth-order valence-electron chi connectivity index (χ4n) is 5.40. The SMILES string of the molecule is CC(C)(CC(=O)N[C@@H]1CSc2ccccc2N(Cc2ccc(-c3ccccc3CNC(=O)NCCO)cc2)C1=O)NCc1ccco1. The van der Waals surface area contributed by atoms with Crippen LogP contribution in [0.1, 0.15) is 37.2 Å². The van der Waals surface area contributed by atoms with Gasteiger partial charge in [0.25, 0.3) is 5.91 Å². The number of carbonyl (C=O) groups is 3. The van der Waals surface area contributed by atoms with Crippen LogP contribution in [0.15, 0.2) is 101 Å². The zero-order valence-corrected chi connectivity index (χ0v) is 27.4. The quantitative estimate of drug-likeness (QED) is 0.139. The first-order valence-corrected chi connectivity index (χ1v) is 16.6. The number of anilines is 1. The minimum Gasteiger partial charge on any atom is -0.468 e. The lowest BCUT2D eigenvalue weighted by Gasteiger charge is -2.28. The maximum Gasteiger partial charge on any atom is 0.315 e. The third-order valence-electron chi connectivity index (χ3n) is 7.84. The van der Waals surface area contributed by atoms with E-state index in [1.54, 1.807) is 22.9 Å². The number of carbonyl (C=O) groups excluding carboxylic acids is 3. The molecule has 3 aromatic carbocycles. The molecule has 1 atom stereocenters. The molecule has 5 rings (SSSR count). The van der Waals surface area contributed by atoms with Crippen LogP contribution in [0, 0.1) is 0 Å². The van der Waals surface area contributed by atoms with Crippen LogP contribution in [0.2, 0.25) is 0 Å². The summed E-state index contributed by atoms with van der Waals surface area (Å²) in [6.07, 6.45) is 1.81. The predicted octanol–water partition coefficient (Wildman–Crippen LogP) is 4.82. The van der Waals surface area contributed by atoms with Crippen LogP contribution >= 0.6 is 11.8 Å². The highest BCUT2D eigenvalue weighted by Crippen LogP contribution is 2.35. The Bertz CT molecular complexity index is 1660. The number of rotatable bonds is 13. The van der Waals surface area contributed by atoms with Crippen molar-refractivity contribution in [2.45, 2.75) is 56.4 Å². The molecule has 0 radical (unpaired) electrons. The second kappa shape index (κ2) is 15.8. The molecule has 0 bridgehead atoms. The van der Waals surface area contributed by atoms with Crippen molar-refractivity contribution in [1.29, 1.82) is 0 Å². The van der Waals surface area contributed by atoms with Gasteiger partial charge in [0, 0.05) is 35.7 Å². The van der Waals surface area contributed by atoms with Crippen molar-refractivity contribution in [1.82, 2.24) is 21.3 Å². The number of thioether (sulfide) groups is 1. The fraction of sp³-hybridized carbons (Fsp3) is 0.306. The van der Waals surface area contributed by atoms with Gasteiger partial charge in [0.1, 0.15) is 11.8 Å². The van der Waals surface area contributed by atoms with Gasteiger partial charge in [-0.2, -0.15) is 0 Å². The number of aliphatic hydroxyl groups is 1. The topological polar surface area (TPSA) is 136 Å². The van der Waals surface area contributed by atoms with Gasteiger partial charge in [-0.1, -0.05) is 60.7 Å². The number of benzene rings is 3. The third-order valence-corrected chi connectivity index (χ3v) is 9.00. The minimum atomic E-state index is -0.686. The van der Waals surface area contributed by atoms with Gasteiger partial charge in [-0.3, -0.25) is 9.59 Å². The Morgan fingerprint density at radius 3 is 2.49 bits per heavy atom. The largest absolute Gasteiger partial charge is 0.468 e. The second-order valence-electron chi connectivity index (χ2n) is 12.0. The molecule has 0 saturated carbocycles. The summed E-state index contributed by atoms with van der Waals surface area (Å²) in [5, 5.41) is 20.7. The first-order chi connectivity index (χ1) is 22.7. The molecule has 0 aliphatic carbocycles. The highest BCUT2D eigenvalue weighted by Gasteiger charge is 2.33. The minimum absolute atomic E-state index is 0.122. The summed E-state index contributed by atoms with van der Waals surface area (Å²) in [7, 11) is 0. The van der Waals surface area contributed by atoms with Crippen LogP contribution in [0.4, 0.5) is 10.5 Å². The molecule has 246 valence electrons. The van der Waals surface area contributed by atoms with Gasteiger partial charge in [-0.15, -0.1) is 11.8 Å². The van der Waals surface area contributed by atoms with Crippen molar-refractivity contribution in [3.8, 4) is 11.1 Å². The van der Waals surface area contributed by atoms with E-state index in [0.29, 0.717) is 25.4 Å². The molecular weight excluding hydrogens is 614 g/mol. The van der Waals surface area contributed by atoms with Gasteiger partial charge in [0.05, 0.1) is 31.6 Å². The number of nitrogens with zero attached hydrogens (tertiary/aromatic N) is 1. The molecular formula is C36H41N5O5S. The van der Waals surface area contributed by atoms with Crippen LogP contribution < -0.4 is 26.2 Å². The Labute approximate surface area is 279 Å².